The molecule has 1 rings (SSSR count). The van der Waals surface area contributed by atoms with Gasteiger partial charge >= 0.3 is 12.2 Å². The Morgan fingerprint density at radius 1 is 1.15 bits per heavy atom. The number of alkyl halides is 2. The monoisotopic (exact) mass is 392 g/mol. The number of halogens is 2. The lowest BCUT2D eigenvalue weighted by atomic mass is 9.62. The smallest absolute Gasteiger partial charge is 0.407 e. The molecule has 0 aromatic rings. The SMILES string of the molecule is CCCCOC(=O)NCC1(C)CC(NC(=O)OCC(C)(F)F)CC(C)(C)C1. The molecular weight excluding hydrogens is 358 g/mol. The minimum absolute atomic E-state index is 0.0760. The molecule has 2 N–H and O–H groups in total. The molecule has 158 valence electrons. The maximum Gasteiger partial charge on any atom is 0.407 e. The van der Waals surface area contributed by atoms with Crippen molar-refractivity contribution in [2.24, 2.45) is 10.8 Å². The fourth-order valence-corrected chi connectivity index (χ4v) is 3.92. The van der Waals surface area contributed by atoms with Crippen LogP contribution in [0.25, 0.3) is 0 Å². The van der Waals surface area contributed by atoms with Gasteiger partial charge in [-0.05, 0) is 36.5 Å². The average Bonchev–Trinajstić information content (AvgIpc) is 2.49. The standard InChI is InChI=1S/C19H34F2N2O4/c1-6-7-8-26-15(24)22-12-18(4)10-14(9-17(2,3)11-18)23-16(25)27-13-19(5,20)21/h14H,6-13H2,1-5H3,(H,22,24)(H,23,25). The van der Waals surface area contributed by atoms with E-state index in [1.165, 1.54) is 0 Å². The van der Waals surface area contributed by atoms with Crippen molar-refractivity contribution in [3.63, 3.8) is 0 Å². The van der Waals surface area contributed by atoms with Crippen LogP contribution in [0.2, 0.25) is 0 Å². The molecule has 2 amide bonds. The number of alkyl carbamates (subject to hydrolysis) is 2. The molecule has 0 bridgehead atoms. The van der Waals surface area contributed by atoms with E-state index < -0.39 is 24.7 Å². The summed E-state index contributed by atoms with van der Waals surface area (Å²) >= 11 is 0. The Labute approximate surface area is 160 Å². The highest BCUT2D eigenvalue weighted by Gasteiger charge is 2.42. The van der Waals surface area contributed by atoms with Gasteiger partial charge in [0.15, 0.2) is 6.61 Å². The summed E-state index contributed by atoms with van der Waals surface area (Å²) in [6.07, 6.45) is 2.67. The van der Waals surface area contributed by atoms with Crippen LogP contribution in [0, 0.1) is 10.8 Å². The Bertz CT molecular complexity index is 508. The van der Waals surface area contributed by atoms with E-state index in [0.717, 1.165) is 19.3 Å². The Morgan fingerprint density at radius 3 is 2.41 bits per heavy atom. The second kappa shape index (κ2) is 9.55. The fraction of sp³-hybridized carbons (Fsp3) is 0.895. The molecule has 1 saturated carbocycles. The molecular formula is C19H34F2N2O4. The molecule has 1 aliphatic carbocycles. The average molecular weight is 392 g/mol. The molecule has 0 aromatic carbocycles. The van der Waals surface area contributed by atoms with E-state index in [2.05, 4.69) is 29.2 Å². The highest BCUT2D eigenvalue weighted by Crippen LogP contribution is 2.45. The van der Waals surface area contributed by atoms with Crippen molar-refractivity contribution in [1.82, 2.24) is 10.6 Å². The molecule has 8 heteroatoms. The summed E-state index contributed by atoms with van der Waals surface area (Å²) < 4.78 is 35.4. The number of nitrogens with one attached hydrogen (secondary N) is 2. The van der Waals surface area contributed by atoms with Gasteiger partial charge in [-0.2, -0.15) is 0 Å². The van der Waals surface area contributed by atoms with E-state index in [4.69, 9.17) is 4.74 Å². The first-order valence-corrected chi connectivity index (χ1v) is 9.56. The quantitative estimate of drug-likeness (QED) is 0.597. The van der Waals surface area contributed by atoms with Crippen molar-refractivity contribution in [3.8, 4) is 0 Å². The van der Waals surface area contributed by atoms with Gasteiger partial charge < -0.3 is 20.1 Å². The largest absolute Gasteiger partial charge is 0.450 e. The summed E-state index contributed by atoms with van der Waals surface area (Å²) in [6.45, 7) is 8.80. The number of rotatable bonds is 8. The normalized spacial score (nSPS) is 24.8. The zero-order chi connectivity index (χ0) is 20.7. The van der Waals surface area contributed by atoms with E-state index in [9.17, 15) is 18.4 Å². The lowest BCUT2D eigenvalue weighted by molar-refractivity contribution is -0.0402. The summed E-state index contributed by atoms with van der Waals surface area (Å²) in [5, 5.41) is 5.50. The molecule has 0 spiro atoms. The highest BCUT2D eigenvalue weighted by atomic mass is 19.3. The van der Waals surface area contributed by atoms with Crippen LogP contribution in [0.4, 0.5) is 18.4 Å². The van der Waals surface area contributed by atoms with Gasteiger partial charge in [0, 0.05) is 19.5 Å². The predicted molar refractivity (Wildman–Crippen MR) is 98.9 cm³/mol. The molecule has 0 radical (unpaired) electrons. The van der Waals surface area contributed by atoms with Gasteiger partial charge in [0.25, 0.3) is 5.92 Å². The summed E-state index contributed by atoms with van der Waals surface area (Å²) in [5.41, 5.74) is -0.328. The molecule has 1 fully saturated rings. The Morgan fingerprint density at radius 2 is 1.81 bits per heavy atom. The number of amides is 2. The molecule has 27 heavy (non-hydrogen) atoms. The fourth-order valence-electron chi connectivity index (χ4n) is 3.92. The first-order chi connectivity index (χ1) is 12.3. The minimum atomic E-state index is -3.06. The molecule has 2 atom stereocenters. The number of unbranched alkanes of at least 4 members (excludes halogenated alkanes) is 1. The van der Waals surface area contributed by atoms with Gasteiger partial charge in [-0.15, -0.1) is 0 Å². The van der Waals surface area contributed by atoms with E-state index in [1.54, 1.807) is 0 Å². The third-order valence-corrected chi connectivity index (χ3v) is 4.61. The Hall–Kier alpha value is -1.60. The van der Waals surface area contributed by atoms with E-state index in [1.807, 2.05) is 13.8 Å². The van der Waals surface area contributed by atoms with Crippen molar-refractivity contribution >= 4 is 12.2 Å². The van der Waals surface area contributed by atoms with Gasteiger partial charge in [0.1, 0.15) is 0 Å². The van der Waals surface area contributed by atoms with Gasteiger partial charge in [0.2, 0.25) is 0 Å². The van der Waals surface area contributed by atoms with E-state index in [0.29, 0.717) is 32.9 Å². The molecule has 0 aliphatic heterocycles. The first kappa shape index (κ1) is 23.4. The van der Waals surface area contributed by atoms with Gasteiger partial charge in [-0.3, -0.25) is 0 Å². The van der Waals surface area contributed by atoms with Crippen LogP contribution in [0.15, 0.2) is 0 Å². The van der Waals surface area contributed by atoms with Crippen molar-refractivity contribution in [2.75, 3.05) is 19.8 Å². The Balaban J connectivity index is 2.57. The zero-order valence-corrected chi connectivity index (χ0v) is 17.1. The van der Waals surface area contributed by atoms with Crippen molar-refractivity contribution in [3.05, 3.63) is 0 Å². The molecule has 2 unspecified atom stereocenters. The molecule has 0 aromatic heterocycles. The van der Waals surface area contributed by atoms with Crippen LogP contribution in [0.3, 0.4) is 0 Å². The second-order valence-electron chi connectivity index (χ2n) is 8.89. The second-order valence-corrected chi connectivity index (χ2v) is 8.89. The van der Waals surface area contributed by atoms with Crippen LogP contribution >= 0.6 is 0 Å². The van der Waals surface area contributed by atoms with Crippen molar-refractivity contribution in [2.45, 2.75) is 78.7 Å². The maximum atomic E-state index is 12.8. The highest BCUT2D eigenvalue weighted by molar-refractivity contribution is 5.68. The van der Waals surface area contributed by atoms with Gasteiger partial charge in [0.05, 0.1) is 6.61 Å². The summed E-state index contributed by atoms with van der Waals surface area (Å²) in [5.74, 6) is -3.06. The van der Waals surface area contributed by atoms with Crippen LogP contribution in [-0.4, -0.2) is 43.9 Å². The molecule has 1 aliphatic rings. The lowest BCUT2D eigenvalue weighted by Gasteiger charge is -2.46. The van der Waals surface area contributed by atoms with Gasteiger partial charge in [-0.1, -0.05) is 34.1 Å². The van der Waals surface area contributed by atoms with E-state index in [-0.39, 0.29) is 16.9 Å². The van der Waals surface area contributed by atoms with E-state index >= 15 is 0 Å². The van der Waals surface area contributed by atoms with Crippen LogP contribution in [-0.2, 0) is 9.47 Å². The van der Waals surface area contributed by atoms with Gasteiger partial charge in [-0.25, -0.2) is 18.4 Å². The summed E-state index contributed by atoms with van der Waals surface area (Å²) in [7, 11) is 0. The molecule has 0 saturated heterocycles. The van der Waals surface area contributed by atoms with Crippen LogP contribution in [0.5, 0.6) is 0 Å². The van der Waals surface area contributed by atoms with Crippen LogP contribution < -0.4 is 10.6 Å². The Kier molecular flexibility index (Phi) is 8.29. The molecule has 6 nitrogen and oxygen atoms in total. The summed E-state index contributed by atoms with van der Waals surface area (Å²) in [6, 6.07) is -0.213. The number of ether oxygens (including phenoxy) is 2. The lowest BCUT2D eigenvalue weighted by Crippen LogP contribution is -2.50. The zero-order valence-electron chi connectivity index (χ0n) is 17.1. The van der Waals surface area contributed by atoms with Crippen LogP contribution in [0.1, 0.15) is 66.7 Å². The number of carbonyl (C=O) groups excluding carboxylic acids is 2. The number of carbonyl (C=O) groups is 2. The topological polar surface area (TPSA) is 76.7 Å². The van der Waals surface area contributed by atoms with Crippen molar-refractivity contribution in [1.29, 1.82) is 0 Å². The summed E-state index contributed by atoms with van der Waals surface area (Å²) in [4.78, 5) is 23.6. The predicted octanol–water partition coefficient (Wildman–Crippen LogP) is 4.48. The third kappa shape index (κ3) is 9.77. The third-order valence-electron chi connectivity index (χ3n) is 4.61. The number of hydrogen-bond donors (Lipinski definition) is 2. The number of hydrogen-bond acceptors (Lipinski definition) is 4. The first-order valence-electron chi connectivity index (χ1n) is 9.56. The maximum absolute atomic E-state index is 12.8. The molecule has 0 heterocycles. The van der Waals surface area contributed by atoms with Crippen molar-refractivity contribution < 1.29 is 27.8 Å². The minimum Gasteiger partial charge on any atom is -0.450 e.